The Morgan fingerprint density at radius 3 is 2.81 bits per heavy atom. The Morgan fingerprint density at radius 2 is 2.19 bits per heavy atom. The summed E-state index contributed by atoms with van der Waals surface area (Å²) in [7, 11) is 3.29. The number of anilines is 1. The lowest BCUT2D eigenvalue weighted by Gasteiger charge is -2.20. The van der Waals surface area contributed by atoms with Crippen molar-refractivity contribution in [3.8, 4) is 12.3 Å². The number of benzene rings is 1. The largest absolute Gasteiger partial charge is 0.469 e. The van der Waals surface area contributed by atoms with Gasteiger partial charge >= 0.3 is 5.97 Å². The molecule has 0 radical (unpaired) electrons. The van der Waals surface area contributed by atoms with Crippen LogP contribution in [0.2, 0.25) is 0 Å². The Morgan fingerprint density at radius 1 is 1.50 bits per heavy atom. The molecule has 3 nitrogen and oxygen atoms in total. The number of ether oxygens (including phenoxy) is 1. The third-order valence-electron chi connectivity index (χ3n) is 2.35. The zero-order chi connectivity index (χ0) is 12.0. The maximum Gasteiger partial charge on any atom is 0.307 e. The second-order valence-corrected chi connectivity index (χ2v) is 3.41. The maximum atomic E-state index is 11.0. The molecule has 0 aliphatic rings. The lowest BCUT2D eigenvalue weighted by molar-refractivity contribution is -0.140. The SMILES string of the molecule is C#Cc1ccccc1N(C)CCC(=O)OC. The Hall–Kier alpha value is -1.95. The summed E-state index contributed by atoms with van der Waals surface area (Å²) in [6.07, 6.45) is 5.76. The number of para-hydroxylation sites is 1. The summed E-state index contributed by atoms with van der Waals surface area (Å²) in [5, 5.41) is 0. The van der Waals surface area contributed by atoms with E-state index in [2.05, 4.69) is 10.7 Å². The number of carbonyl (C=O) groups excluding carboxylic acids is 1. The molecule has 1 rings (SSSR count). The van der Waals surface area contributed by atoms with Crippen LogP contribution in [0.25, 0.3) is 0 Å². The highest BCUT2D eigenvalue weighted by Crippen LogP contribution is 2.17. The standard InChI is InChI=1S/C13H15NO2/c1-4-11-7-5-6-8-12(11)14(2)10-9-13(15)16-3/h1,5-8H,9-10H2,2-3H3. The maximum absolute atomic E-state index is 11.0. The summed E-state index contributed by atoms with van der Waals surface area (Å²) in [4.78, 5) is 13.0. The van der Waals surface area contributed by atoms with E-state index in [1.54, 1.807) is 0 Å². The average Bonchev–Trinajstić information content (AvgIpc) is 2.35. The predicted molar refractivity (Wildman–Crippen MR) is 64.3 cm³/mol. The Labute approximate surface area is 96.0 Å². The van der Waals surface area contributed by atoms with Crippen molar-refractivity contribution in [1.82, 2.24) is 0 Å². The fourth-order valence-electron chi connectivity index (χ4n) is 1.41. The molecule has 0 spiro atoms. The summed E-state index contributed by atoms with van der Waals surface area (Å²) in [5.74, 6) is 2.40. The van der Waals surface area contributed by atoms with Crippen LogP contribution < -0.4 is 4.90 Å². The molecule has 1 aromatic rings. The van der Waals surface area contributed by atoms with Gasteiger partial charge in [-0.15, -0.1) is 6.42 Å². The van der Waals surface area contributed by atoms with Crippen molar-refractivity contribution in [2.75, 3.05) is 25.6 Å². The summed E-state index contributed by atoms with van der Waals surface area (Å²) in [6, 6.07) is 7.63. The smallest absolute Gasteiger partial charge is 0.307 e. The molecule has 0 fully saturated rings. The van der Waals surface area contributed by atoms with Crippen molar-refractivity contribution in [1.29, 1.82) is 0 Å². The van der Waals surface area contributed by atoms with E-state index in [9.17, 15) is 4.79 Å². The molecular weight excluding hydrogens is 202 g/mol. The molecule has 0 saturated carbocycles. The van der Waals surface area contributed by atoms with Gasteiger partial charge in [0.05, 0.1) is 19.2 Å². The van der Waals surface area contributed by atoms with E-state index in [0.717, 1.165) is 11.3 Å². The van der Waals surface area contributed by atoms with E-state index in [0.29, 0.717) is 13.0 Å². The molecule has 0 unspecified atom stereocenters. The van der Waals surface area contributed by atoms with Crippen LogP contribution in [0.4, 0.5) is 5.69 Å². The van der Waals surface area contributed by atoms with E-state index in [-0.39, 0.29) is 5.97 Å². The van der Waals surface area contributed by atoms with Gasteiger partial charge in [0.25, 0.3) is 0 Å². The molecule has 1 aromatic carbocycles. The van der Waals surface area contributed by atoms with Crippen LogP contribution in [0, 0.1) is 12.3 Å². The summed E-state index contributed by atoms with van der Waals surface area (Å²) < 4.78 is 4.59. The zero-order valence-corrected chi connectivity index (χ0v) is 9.56. The highest BCUT2D eigenvalue weighted by atomic mass is 16.5. The zero-order valence-electron chi connectivity index (χ0n) is 9.56. The third kappa shape index (κ3) is 3.03. The fraction of sp³-hybridized carbons (Fsp3) is 0.308. The first-order valence-electron chi connectivity index (χ1n) is 5.02. The van der Waals surface area contributed by atoms with Gasteiger partial charge in [0.1, 0.15) is 0 Å². The van der Waals surface area contributed by atoms with Crippen molar-refractivity contribution in [2.24, 2.45) is 0 Å². The second kappa shape index (κ2) is 5.82. The number of carbonyl (C=O) groups is 1. The number of methoxy groups -OCH3 is 1. The minimum atomic E-state index is -0.218. The van der Waals surface area contributed by atoms with Crippen LogP contribution in [-0.4, -0.2) is 26.7 Å². The molecular formula is C13H15NO2. The van der Waals surface area contributed by atoms with Crippen LogP contribution in [0.15, 0.2) is 24.3 Å². The van der Waals surface area contributed by atoms with E-state index in [1.165, 1.54) is 7.11 Å². The quantitative estimate of drug-likeness (QED) is 0.567. The molecule has 0 aliphatic carbocycles. The average molecular weight is 217 g/mol. The normalized spacial score (nSPS) is 9.31. The first-order chi connectivity index (χ1) is 7.69. The van der Waals surface area contributed by atoms with Crippen molar-refractivity contribution in [2.45, 2.75) is 6.42 Å². The monoisotopic (exact) mass is 217 g/mol. The first-order valence-corrected chi connectivity index (χ1v) is 5.02. The van der Waals surface area contributed by atoms with Gasteiger partial charge in [-0.1, -0.05) is 18.1 Å². The van der Waals surface area contributed by atoms with Crippen molar-refractivity contribution in [3.63, 3.8) is 0 Å². The van der Waals surface area contributed by atoms with Gasteiger partial charge < -0.3 is 9.64 Å². The molecule has 0 heterocycles. The molecule has 0 amide bonds. The third-order valence-corrected chi connectivity index (χ3v) is 2.35. The lowest BCUT2D eigenvalue weighted by atomic mass is 10.1. The minimum Gasteiger partial charge on any atom is -0.469 e. The van der Waals surface area contributed by atoms with Gasteiger partial charge in [0.15, 0.2) is 0 Å². The molecule has 0 N–H and O–H groups in total. The van der Waals surface area contributed by atoms with Gasteiger partial charge in [-0.3, -0.25) is 4.79 Å². The number of esters is 1. The molecule has 0 aliphatic heterocycles. The van der Waals surface area contributed by atoms with Gasteiger partial charge in [-0.25, -0.2) is 0 Å². The Bertz CT molecular complexity index is 407. The number of terminal acetylenes is 1. The molecule has 0 aromatic heterocycles. The van der Waals surface area contributed by atoms with Crippen molar-refractivity contribution >= 4 is 11.7 Å². The van der Waals surface area contributed by atoms with E-state index in [4.69, 9.17) is 6.42 Å². The van der Waals surface area contributed by atoms with E-state index in [1.807, 2.05) is 36.2 Å². The number of rotatable bonds is 4. The fourth-order valence-corrected chi connectivity index (χ4v) is 1.41. The Kier molecular flexibility index (Phi) is 4.41. The number of hydrogen-bond acceptors (Lipinski definition) is 3. The van der Waals surface area contributed by atoms with Crippen LogP contribution in [-0.2, 0) is 9.53 Å². The van der Waals surface area contributed by atoms with Gasteiger partial charge in [0.2, 0.25) is 0 Å². The number of nitrogens with zero attached hydrogens (tertiary/aromatic N) is 1. The van der Waals surface area contributed by atoms with Crippen molar-refractivity contribution < 1.29 is 9.53 Å². The molecule has 16 heavy (non-hydrogen) atoms. The summed E-state index contributed by atoms with van der Waals surface area (Å²) in [6.45, 7) is 0.589. The molecule has 0 saturated heterocycles. The predicted octanol–water partition coefficient (Wildman–Crippen LogP) is 1.67. The van der Waals surface area contributed by atoms with Crippen LogP contribution in [0.1, 0.15) is 12.0 Å². The van der Waals surface area contributed by atoms with Crippen LogP contribution in [0.5, 0.6) is 0 Å². The van der Waals surface area contributed by atoms with Gasteiger partial charge in [-0.2, -0.15) is 0 Å². The van der Waals surface area contributed by atoms with Gasteiger partial charge in [-0.05, 0) is 12.1 Å². The number of hydrogen-bond donors (Lipinski definition) is 0. The molecule has 0 bridgehead atoms. The summed E-state index contributed by atoms with van der Waals surface area (Å²) in [5.41, 5.74) is 1.78. The topological polar surface area (TPSA) is 29.5 Å². The van der Waals surface area contributed by atoms with Crippen molar-refractivity contribution in [3.05, 3.63) is 29.8 Å². The highest BCUT2D eigenvalue weighted by Gasteiger charge is 2.07. The first kappa shape index (κ1) is 12.1. The lowest BCUT2D eigenvalue weighted by Crippen LogP contribution is -2.22. The molecule has 84 valence electrons. The minimum absolute atomic E-state index is 0.218. The Balaban J connectivity index is 2.70. The van der Waals surface area contributed by atoms with E-state index >= 15 is 0 Å². The molecule has 3 heteroatoms. The van der Waals surface area contributed by atoms with Crippen LogP contribution in [0.3, 0.4) is 0 Å². The summed E-state index contributed by atoms with van der Waals surface area (Å²) >= 11 is 0. The van der Waals surface area contributed by atoms with Crippen LogP contribution >= 0.6 is 0 Å². The second-order valence-electron chi connectivity index (χ2n) is 3.41. The molecule has 0 atom stereocenters. The van der Waals surface area contributed by atoms with Gasteiger partial charge in [0, 0.05) is 19.2 Å². The van der Waals surface area contributed by atoms with E-state index < -0.39 is 0 Å². The highest BCUT2D eigenvalue weighted by molar-refractivity contribution is 5.70.